The van der Waals surface area contributed by atoms with Crippen LogP contribution >= 0.6 is 0 Å². The Labute approximate surface area is 94.6 Å². The van der Waals surface area contributed by atoms with E-state index in [0.29, 0.717) is 6.04 Å². The Morgan fingerprint density at radius 2 is 2.31 bits per heavy atom. The molecular formula is C13H16N2O. The van der Waals surface area contributed by atoms with E-state index in [2.05, 4.69) is 17.1 Å². The third-order valence-corrected chi connectivity index (χ3v) is 3.43. The molecule has 16 heavy (non-hydrogen) atoms. The fraction of sp³-hybridized carbons (Fsp3) is 0.385. The predicted molar refractivity (Wildman–Crippen MR) is 64.9 cm³/mol. The van der Waals surface area contributed by atoms with Crippen molar-refractivity contribution >= 4 is 10.9 Å². The van der Waals surface area contributed by atoms with Crippen molar-refractivity contribution in [3.8, 4) is 5.75 Å². The first kappa shape index (κ1) is 9.73. The monoisotopic (exact) mass is 216 g/mol. The summed E-state index contributed by atoms with van der Waals surface area (Å²) in [5, 5.41) is 1.27. The Morgan fingerprint density at radius 1 is 1.44 bits per heavy atom. The predicted octanol–water partition coefficient (Wildman–Crippen LogP) is 1.99. The second kappa shape index (κ2) is 3.52. The molecule has 1 aromatic heterocycles. The largest absolute Gasteiger partial charge is 0.497 e. The van der Waals surface area contributed by atoms with Crippen LogP contribution in [0.5, 0.6) is 5.75 Å². The molecule has 1 aromatic carbocycles. The second-order valence-corrected chi connectivity index (χ2v) is 4.50. The van der Waals surface area contributed by atoms with Crippen LogP contribution in [0.1, 0.15) is 17.7 Å². The van der Waals surface area contributed by atoms with Gasteiger partial charge in [0.1, 0.15) is 5.75 Å². The number of H-pyrrole nitrogens is 1. The first-order chi connectivity index (χ1) is 7.78. The number of hydrogen-bond acceptors (Lipinski definition) is 2. The van der Waals surface area contributed by atoms with E-state index in [9.17, 15) is 0 Å². The van der Waals surface area contributed by atoms with Gasteiger partial charge in [0.15, 0.2) is 0 Å². The summed E-state index contributed by atoms with van der Waals surface area (Å²) in [4.78, 5) is 3.48. The number of hydrogen-bond donors (Lipinski definition) is 2. The lowest BCUT2D eigenvalue weighted by Crippen LogP contribution is -2.27. The lowest BCUT2D eigenvalue weighted by Gasteiger charge is -2.18. The van der Waals surface area contributed by atoms with Gasteiger partial charge in [-0.25, -0.2) is 0 Å². The fourth-order valence-electron chi connectivity index (χ4n) is 2.55. The summed E-state index contributed by atoms with van der Waals surface area (Å²) >= 11 is 0. The minimum atomic E-state index is 0.303. The summed E-state index contributed by atoms with van der Waals surface area (Å²) in [5.74, 6) is 0.911. The van der Waals surface area contributed by atoms with Gasteiger partial charge in [0, 0.05) is 22.6 Å². The molecule has 1 heterocycles. The zero-order valence-corrected chi connectivity index (χ0v) is 9.42. The molecule has 3 heteroatoms. The molecule has 3 nitrogen and oxygen atoms in total. The highest BCUT2D eigenvalue weighted by molar-refractivity contribution is 5.86. The van der Waals surface area contributed by atoms with Crippen molar-refractivity contribution in [1.29, 1.82) is 0 Å². The average Bonchev–Trinajstić information content (AvgIpc) is 2.66. The molecule has 0 amide bonds. The van der Waals surface area contributed by atoms with Crippen LogP contribution in [0.15, 0.2) is 18.2 Å². The van der Waals surface area contributed by atoms with Gasteiger partial charge in [-0.05, 0) is 43.0 Å². The van der Waals surface area contributed by atoms with E-state index in [4.69, 9.17) is 10.5 Å². The maximum atomic E-state index is 6.03. The number of nitrogens with two attached hydrogens (primary N) is 1. The van der Waals surface area contributed by atoms with Crippen LogP contribution in [-0.4, -0.2) is 18.1 Å². The fourth-order valence-corrected chi connectivity index (χ4v) is 2.55. The number of rotatable bonds is 1. The Morgan fingerprint density at radius 3 is 3.12 bits per heavy atom. The van der Waals surface area contributed by atoms with Crippen LogP contribution < -0.4 is 10.5 Å². The smallest absolute Gasteiger partial charge is 0.119 e. The molecule has 0 radical (unpaired) electrons. The van der Waals surface area contributed by atoms with E-state index >= 15 is 0 Å². The molecule has 0 fully saturated rings. The number of benzene rings is 1. The van der Waals surface area contributed by atoms with Crippen LogP contribution in [0.2, 0.25) is 0 Å². The molecule has 84 valence electrons. The number of aromatic amines is 1. The van der Waals surface area contributed by atoms with Crippen LogP contribution in [-0.2, 0) is 12.8 Å². The van der Waals surface area contributed by atoms with Crippen molar-refractivity contribution in [1.82, 2.24) is 4.98 Å². The molecule has 0 spiro atoms. The van der Waals surface area contributed by atoms with E-state index in [1.807, 2.05) is 6.07 Å². The van der Waals surface area contributed by atoms with Crippen LogP contribution in [0, 0.1) is 0 Å². The van der Waals surface area contributed by atoms with Gasteiger partial charge in [-0.2, -0.15) is 0 Å². The number of ether oxygens (including phenoxy) is 1. The van der Waals surface area contributed by atoms with Gasteiger partial charge in [0.2, 0.25) is 0 Å². The molecule has 1 atom stereocenters. The highest BCUT2D eigenvalue weighted by Gasteiger charge is 2.20. The van der Waals surface area contributed by atoms with Crippen molar-refractivity contribution in [2.24, 2.45) is 5.73 Å². The summed E-state index contributed by atoms with van der Waals surface area (Å²) in [6, 6.07) is 6.47. The Bertz CT molecular complexity index is 530. The molecule has 2 aromatic rings. The third-order valence-electron chi connectivity index (χ3n) is 3.43. The van der Waals surface area contributed by atoms with Gasteiger partial charge in [0.25, 0.3) is 0 Å². The molecule has 1 aliphatic carbocycles. The van der Waals surface area contributed by atoms with E-state index in [1.54, 1.807) is 7.11 Å². The van der Waals surface area contributed by atoms with Crippen molar-refractivity contribution in [2.75, 3.05) is 7.11 Å². The van der Waals surface area contributed by atoms with Crippen molar-refractivity contribution in [3.63, 3.8) is 0 Å². The zero-order chi connectivity index (χ0) is 11.1. The maximum absolute atomic E-state index is 6.03. The third kappa shape index (κ3) is 1.39. The SMILES string of the molecule is COc1ccc2[nH]c3c(c2c1)C[C@H](N)CC3. The molecule has 0 unspecified atom stereocenters. The number of fused-ring (bicyclic) bond motifs is 3. The molecule has 3 rings (SSSR count). The lowest BCUT2D eigenvalue weighted by molar-refractivity contribution is 0.415. The second-order valence-electron chi connectivity index (χ2n) is 4.50. The van der Waals surface area contributed by atoms with Gasteiger partial charge >= 0.3 is 0 Å². The Kier molecular flexibility index (Phi) is 2.14. The molecule has 0 saturated carbocycles. The summed E-state index contributed by atoms with van der Waals surface area (Å²) in [6.45, 7) is 0. The van der Waals surface area contributed by atoms with Crippen molar-refractivity contribution in [3.05, 3.63) is 29.5 Å². The van der Waals surface area contributed by atoms with Crippen LogP contribution in [0.3, 0.4) is 0 Å². The van der Waals surface area contributed by atoms with Crippen LogP contribution in [0.4, 0.5) is 0 Å². The normalized spacial score (nSPS) is 19.8. The average molecular weight is 216 g/mol. The minimum absolute atomic E-state index is 0.303. The highest BCUT2D eigenvalue weighted by atomic mass is 16.5. The lowest BCUT2D eigenvalue weighted by atomic mass is 9.92. The summed E-state index contributed by atoms with van der Waals surface area (Å²) in [5.41, 5.74) is 9.95. The van der Waals surface area contributed by atoms with E-state index < -0.39 is 0 Å². The first-order valence-electron chi connectivity index (χ1n) is 5.71. The summed E-state index contributed by atoms with van der Waals surface area (Å²) < 4.78 is 5.26. The highest BCUT2D eigenvalue weighted by Crippen LogP contribution is 2.30. The van der Waals surface area contributed by atoms with Gasteiger partial charge in [0.05, 0.1) is 7.11 Å². The maximum Gasteiger partial charge on any atom is 0.119 e. The van der Waals surface area contributed by atoms with E-state index in [1.165, 1.54) is 22.2 Å². The summed E-state index contributed by atoms with van der Waals surface area (Å²) in [6.07, 6.45) is 3.12. The Hall–Kier alpha value is -1.48. The molecule has 1 aliphatic rings. The summed E-state index contributed by atoms with van der Waals surface area (Å²) in [7, 11) is 1.70. The van der Waals surface area contributed by atoms with Gasteiger partial charge in [-0.3, -0.25) is 0 Å². The molecule has 3 N–H and O–H groups in total. The first-order valence-corrected chi connectivity index (χ1v) is 5.71. The minimum Gasteiger partial charge on any atom is -0.497 e. The zero-order valence-electron chi connectivity index (χ0n) is 9.42. The number of aryl methyl sites for hydroxylation is 1. The number of methoxy groups -OCH3 is 1. The van der Waals surface area contributed by atoms with E-state index in [-0.39, 0.29) is 0 Å². The Balaban J connectivity index is 2.20. The standard InChI is InChI=1S/C13H16N2O/c1-16-9-3-5-13-11(7-9)10-6-8(14)2-4-12(10)15-13/h3,5,7-8,15H,2,4,6,14H2,1H3/t8-/m1/s1. The quantitative estimate of drug-likeness (QED) is 0.766. The molecule has 0 aliphatic heterocycles. The number of nitrogens with one attached hydrogen (secondary N) is 1. The van der Waals surface area contributed by atoms with E-state index in [0.717, 1.165) is 25.0 Å². The van der Waals surface area contributed by atoms with Gasteiger partial charge in [-0.1, -0.05) is 0 Å². The molecule has 0 saturated heterocycles. The van der Waals surface area contributed by atoms with Crippen molar-refractivity contribution < 1.29 is 4.74 Å². The molecule has 0 bridgehead atoms. The molecular weight excluding hydrogens is 200 g/mol. The van der Waals surface area contributed by atoms with Gasteiger partial charge < -0.3 is 15.5 Å². The number of aromatic nitrogens is 1. The van der Waals surface area contributed by atoms with Crippen LogP contribution in [0.25, 0.3) is 10.9 Å². The van der Waals surface area contributed by atoms with Crippen molar-refractivity contribution in [2.45, 2.75) is 25.3 Å². The van der Waals surface area contributed by atoms with Gasteiger partial charge in [-0.15, -0.1) is 0 Å². The topological polar surface area (TPSA) is 51.0 Å².